The molecule has 1 N–H and O–H groups in total. The normalized spacial score (nSPS) is 13.5. The van der Waals surface area contributed by atoms with Crippen LogP contribution in [0.15, 0.2) is 46.9 Å². The van der Waals surface area contributed by atoms with Gasteiger partial charge in [0.15, 0.2) is 0 Å². The van der Waals surface area contributed by atoms with E-state index in [2.05, 4.69) is 15.9 Å². The molecule has 0 bridgehead atoms. The average Bonchev–Trinajstić information content (AvgIpc) is 2.71. The Morgan fingerprint density at radius 2 is 1.52 bits per heavy atom. The minimum atomic E-state index is -1.21. The van der Waals surface area contributed by atoms with Gasteiger partial charge in [-0.3, -0.25) is 9.59 Å². The van der Waals surface area contributed by atoms with Gasteiger partial charge in [0.25, 0.3) is 11.8 Å². The second-order valence-electron chi connectivity index (χ2n) is 4.43. The first-order chi connectivity index (χ1) is 10.0. The molecule has 21 heavy (non-hydrogen) atoms. The monoisotopic (exact) mass is 345 g/mol. The Morgan fingerprint density at radius 1 is 0.952 bits per heavy atom. The third-order valence-corrected chi connectivity index (χ3v) is 3.90. The van der Waals surface area contributed by atoms with Crippen LogP contribution in [0.1, 0.15) is 31.1 Å². The topological polar surface area (TPSA) is 74.7 Å². The van der Waals surface area contributed by atoms with E-state index in [-0.39, 0.29) is 22.4 Å². The molecule has 2 amide bonds. The number of aromatic carboxylic acids is 1. The van der Waals surface area contributed by atoms with Crippen molar-refractivity contribution in [2.24, 2.45) is 0 Å². The van der Waals surface area contributed by atoms with E-state index in [1.807, 2.05) is 0 Å². The van der Waals surface area contributed by atoms with Crippen LogP contribution in [0.25, 0.3) is 0 Å². The van der Waals surface area contributed by atoms with Crippen molar-refractivity contribution < 1.29 is 19.5 Å². The predicted octanol–water partition coefficient (Wildman–Crippen LogP) is 2.95. The summed E-state index contributed by atoms with van der Waals surface area (Å²) in [5.74, 6) is -2.25. The molecular weight excluding hydrogens is 338 g/mol. The van der Waals surface area contributed by atoms with E-state index in [1.165, 1.54) is 6.07 Å². The molecule has 0 saturated carbocycles. The molecule has 0 saturated heterocycles. The highest BCUT2D eigenvalue weighted by Gasteiger charge is 2.38. The van der Waals surface area contributed by atoms with Crippen molar-refractivity contribution in [2.75, 3.05) is 4.90 Å². The summed E-state index contributed by atoms with van der Waals surface area (Å²) < 4.78 is 0.309. The lowest BCUT2D eigenvalue weighted by molar-refractivity contribution is 0.0697. The van der Waals surface area contributed by atoms with Gasteiger partial charge in [0.2, 0.25) is 0 Å². The number of fused-ring (bicyclic) bond motifs is 1. The number of carbonyl (C=O) groups is 3. The molecule has 0 radical (unpaired) electrons. The number of carboxylic acid groups (broad SMARTS) is 1. The molecule has 3 rings (SSSR count). The minimum absolute atomic E-state index is 0.0584. The van der Waals surface area contributed by atoms with Gasteiger partial charge in [0, 0.05) is 4.47 Å². The number of imide groups is 1. The maximum atomic E-state index is 12.4. The largest absolute Gasteiger partial charge is 0.478 e. The summed E-state index contributed by atoms with van der Waals surface area (Å²) in [6.07, 6.45) is 0. The van der Waals surface area contributed by atoms with Crippen molar-refractivity contribution in [3.8, 4) is 0 Å². The first-order valence-electron chi connectivity index (χ1n) is 6.02. The zero-order valence-electron chi connectivity index (χ0n) is 10.5. The van der Waals surface area contributed by atoms with E-state index < -0.39 is 17.8 Å². The minimum Gasteiger partial charge on any atom is -0.478 e. The van der Waals surface area contributed by atoms with Crippen LogP contribution in [0.4, 0.5) is 5.69 Å². The summed E-state index contributed by atoms with van der Waals surface area (Å²) in [6.45, 7) is 0. The van der Waals surface area contributed by atoms with Gasteiger partial charge in [-0.15, -0.1) is 0 Å². The lowest BCUT2D eigenvalue weighted by Crippen LogP contribution is -2.31. The van der Waals surface area contributed by atoms with Crippen molar-refractivity contribution in [1.29, 1.82) is 0 Å². The van der Waals surface area contributed by atoms with Crippen LogP contribution in [0, 0.1) is 0 Å². The van der Waals surface area contributed by atoms with E-state index in [1.54, 1.807) is 36.4 Å². The van der Waals surface area contributed by atoms with Gasteiger partial charge >= 0.3 is 5.97 Å². The molecule has 1 aliphatic rings. The fourth-order valence-corrected chi connectivity index (χ4v) is 2.84. The molecule has 0 atom stereocenters. The van der Waals surface area contributed by atoms with Gasteiger partial charge in [-0.05, 0) is 40.2 Å². The van der Waals surface area contributed by atoms with Gasteiger partial charge < -0.3 is 5.11 Å². The van der Waals surface area contributed by atoms with Crippen molar-refractivity contribution in [2.45, 2.75) is 0 Å². The first-order valence-corrected chi connectivity index (χ1v) is 6.81. The lowest BCUT2D eigenvalue weighted by Gasteiger charge is -2.17. The van der Waals surface area contributed by atoms with Gasteiger partial charge in [-0.2, -0.15) is 0 Å². The molecule has 0 aliphatic carbocycles. The Labute approximate surface area is 127 Å². The van der Waals surface area contributed by atoms with E-state index in [0.29, 0.717) is 4.47 Å². The number of amides is 2. The van der Waals surface area contributed by atoms with Crippen LogP contribution in [0.2, 0.25) is 0 Å². The molecule has 104 valence electrons. The van der Waals surface area contributed by atoms with Gasteiger partial charge in [-0.1, -0.05) is 18.2 Å². The molecular formula is C15H8BrNO4. The van der Waals surface area contributed by atoms with Crippen LogP contribution in [0.3, 0.4) is 0 Å². The molecule has 0 fully saturated rings. The zero-order valence-corrected chi connectivity index (χ0v) is 12.1. The van der Waals surface area contributed by atoms with Gasteiger partial charge in [0.05, 0.1) is 22.4 Å². The van der Waals surface area contributed by atoms with Crippen LogP contribution in [-0.2, 0) is 0 Å². The Kier molecular flexibility index (Phi) is 3.10. The smallest absolute Gasteiger partial charge is 0.338 e. The second kappa shape index (κ2) is 4.82. The molecule has 1 heterocycles. The van der Waals surface area contributed by atoms with Crippen LogP contribution in [0.5, 0.6) is 0 Å². The molecule has 2 aromatic rings. The van der Waals surface area contributed by atoms with Crippen LogP contribution >= 0.6 is 15.9 Å². The first kappa shape index (κ1) is 13.5. The summed E-state index contributed by atoms with van der Waals surface area (Å²) in [6, 6.07) is 11.0. The number of hydrogen-bond acceptors (Lipinski definition) is 3. The number of benzene rings is 2. The highest BCUT2D eigenvalue weighted by molar-refractivity contribution is 9.10. The van der Waals surface area contributed by atoms with Crippen LogP contribution in [-0.4, -0.2) is 22.9 Å². The summed E-state index contributed by atoms with van der Waals surface area (Å²) in [4.78, 5) is 37.1. The van der Waals surface area contributed by atoms with E-state index in [4.69, 9.17) is 0 Å². The van der Waals surface area contributed by atoms with Crippen molar-refractivity contribution in [3.05, 3.63) is 63.6 Å². The molecule has 0 unspecified atom stereocenters. The highest BCUT2D eigenvalue weighted by Crippen LogP contribution is 2.33. The number of rotatable bonds is 2. The fourth-order valence-electron chi connectivity index (χ4n) is 2.32. The maximum absolute atomic E-state index is 12.4. The van der Waals surface area contributed by atoms with Gasteiger partial charge in [0.1, 0.15) is 0 Å². The summed E-state index contributed by atoms with van der Waals surface area (Å²) >= 11 is 3.14. The highest BCUT2D eigenvalue weighted by atomic mass is 79.9. The van der Waals surface area contributed by atoms with E-state index in [9.17, 15) is 19.5 Å². The average molecular weight is 346 g/mol. The summed E-state index contributed by atoms with van der Waals surface area (Å²) in [7, 11) is 0. The number of hydrogen-bond donors (Lipinski definition) is 1. The SMILES string of the molecule is O=C(O)c1c(Br)cccc1N1C(=O)c2ccccc2C1=O. The zero-order chi connectivity index (χ0) is 15.1. The summed E-state index contributed by atoms with van der Waals surface area (Å²) in [5, 5.41) is 9.32. The van der Waals surface area contributed by atoms with Gasteiger partial charge in [-0.25, -0.2) is 9.69 Å². The number of anilines is 1. The van der Waals surface area contributed by atoms with Crippen molar-refractivity contribution in [1.82, 2.24) is 0 Å². The Balaban J connectivity index is 2.21. The van der Waals surface area contributed by atoms with E-state index >= 15 is 0 Å². The molecule has 5 nitrogen and oxygen atoms in total. The number of carbonyl (C=O) groups excluding carboxylic acids is 2. The Bertz CT molecular complexity index is 765. The molecule has 1 aliphatic heterocycles. The lowest BCUT2D eigenvalue weighted by atomic mass is 10.1. The quantitative estimate of drug-likeness (QED) is 0.849. The van der Waals surface area contributed by atoms with Crippen LogP contribution < -0.4 is 4.90 Å². The van der Waals surface area contributed by atoms with Crippen molar-refractivity contribution in [3.63, 3.8) is 0 Å². The standard InChI is InChI=1S/C15H8BrNO4/c16-10-6-3-7-11(12(10)15(20)21)17-13(18)8-4-1-2-5-9(8)14(17)19/h1-7H,(H,20,21). The maximum Gasteiger partial charge on any atom is 0.338 e. The third kappa shape index (κ3) is 1.95. The molecule has 6 heteroatoms. The Morgan fingerprint density at radius 3 is 2.05 bits per heavy atom. The molecule has 0 aromatic heterocycles. The number of halogens is 1. The Hall–Kier alpha value is -2.47. The number of carboxylic acids is 1. The van der Waals surface area contributed by atoms with E-state index in [0.717, 1.165) is 4.90 Å². The molecule has 2 aromatic carbocycles. The molecule has 0 spiro atoms. The fraction of sp³-hybridized carbons (Fsp3) is 0. The van der Waals surface area contributed by atoms with Crippen molar-refractivity contribution >= 4 is 39.4 Å². The predicted molar refractivity (Wildman–Crippen MR) is 78.7 cm³/mol. The second-order valence-corrected chi connectivity index (χ2v) is 5.28. The number of nitrogens with zero attached hydrogens (tertiary/aromatic N) is 1. The third-order valence-electron chi connectivity index (χ3n) is 3.24. The summed E-state index contributed by atoms with van der Waals surface area (Å²) in [5.41, 5.74) is 0.493.